The molecule has 0 heterocycles. The van der Waals surface area contributed by atoms with Gasteiger partial charge in [-0.3, -0.25) is 9.59 Å². The maximum absolute atomic E-state index is 14.7. The summed E-state index contributed by atoms with van der Waals surface area (Å²) in [5, 5.41) is 0. The van der Waals surface area contributed by atoms with E-state index in [-0.39, 0.29) is 24.4 Å². The van der Waals surface area contributed by atoms with E-state index in [0.29, 0.717) is 24.0 Å². The Bertz CT molecular complexity index is 607. The fourth-order valence-corrected chi connectivity index (χ4v) is 3.70. The van der Waals surface area contributed by atoms with Gasteiger partial charge >= 0.3 is 5.97 Å². The Kier molecular flexibility index (Phi) is 5.79. The number of alkyl halides is 1. The minimum Gasteiger partial charge on any atom is -0.466 e. The number of hydrogen-bond acceptors (Lipinski definition) is 3. The first-order chi connectivity index (χ1) is 10.9. The second kappa shape index (κ2) is 7.43. The lowest BCUT2D eigenvalue weighted by molar-refractivity contribution is -0.142. The molecular weight excluding hydrogens is 319 g/mol. The Balaban J connectivity index is 2.43. The van der Waals surface area contributed by atoms with Gasteiger partial charge in [0.15, 0.2) is 5.78 Å². The number of rotatable bonds is 5. The van der Waals surface area contributed by atoms with Crippen LogP contribution in [0.4, 0.5) is 4.39 Å². The molecule has 0 atom stereocenters. The largest absolute Gasteiger partial charge is 0.466 e. The Labute approximate surface area is 141 Å². The second-order valence-electron chi connectivity index (χ2n) is 6.06. The van der Waals surface area contributed by atoms with Crippen molar-refractivity contribution in [2.45, 2.75) is 57.2 Å². The van der Waals surface area contributed by atoms with E-state index in [2.05, 4.69) is 0 Å². The highest BCUT2D eigenvalue weighted by Crippen LogP contribution is 2.45. The van der Waals surface area contributed by atoms with Crippen LogP contribution in [-0.2, 0) is 20.8 Å². The van der Waals surface area contributed by atoms with Crippen molar-refractivity contribution in [1.29, 1.82) is 0 Å². The molecule has 0 spiro atoms. The molecule has 0 saturated heterocycles. The standard InChI is InChI=1S/C18H22ClFO3/c1-3-23-16(22)11-13-9-14(12(2)21)17(15(20)10-13)18(19)7-5-4-6-8-18/h9-10H,3-8,11H2,1-2H3. The summed E-state index contributed by atoms with van der Waals surface area (Å²) in [4.78, 5) is 22.8. The zero-order valence-corrected chi connectivity index (χ0v) is 14.3. The van der Waals surface area contributed by atoms with Crippen molar-refractivity contribution in [2.75, 3.05) is 6.61 Å². The molecule has 0 unspecified atom stereocenters. The van der Waals surface area contributed by atoms with E-state index in [1.165, 1.54) is 13.0 Å². The van der Waals surface area contributed by atoms with Crippen LogP contribution >= 0.6 is 11.6 Å². The lowest BCUT2D eigenvalue weighted by Crippen LogP contribution is -2.26. The second-order valence-corrected chi connectivity index (χ2v) is 6.79. The van der Waals surface area contributed by atoms with Crippen molar-refractivity contribution in [3.63, 3.8) is 0 Å². The van der Waals surface area contributed by atoms with Gasteiger partial charge < -0.3 is 4.74 Å². The molecule has 1 aliphatic carbocycles. The smallest absolute Gasteiger partial charge is 0.310 e. The third-order valence-electron chi connectivity index (χ3n) is 4.28. The minimum absolute atomic E-state index is 0.0550. The van der Waals surface area contributed by atoms with Gasteiger partial charge in [-0.25, -0.2) is 4.39 Å². The molecule has 5 heteroatoms. The maximum Gasteiger partial charge on any atom is 0.310 e. The van der Waals surface area contributed by atoms with Crippen LogP contribution in [0.25, 0.3) is 0 Å². The Morgan fingerprint density at radius 1 is 1.26 bits per heavy atom. The summed E-state index contributed by atoms with van der Waals surface area (Å²) in [6.45, 7) is 3.38. The maximum atomic E-state index is 14.7. The molecule has 1 aliphatic rings. The zero-order chi connectivity index (χ0) is 17.0. The molecule has 23 heavy (non-hydrogen) atoms. The summed E-state index contributed by atoms with van der Waals surface area (Å²) in [5.74, 6) is -1.18. The SMILES string of the molecule is CCOC(=O)Cc1cc(F)c(C2(Cl)CCCCC2)c(C(C)=O)c1. The predicted molar refractivity (Wildman–Crippen MR) is 87.4 cm³/mol. The van der Waals surface area contributed by atoms with Crippen molar-refractivity contribution < 1.29 is 18.7 Å². The molecule has 126 valence electrons. The van der Waals surface area contributed by atoms with Crippen LogP contribution in [0.3, 0.4) is 0 Å². The number of esters is 1. The molecule has 0 aromatic heterocycles. The first-order valence-corrected chi connectivity index (χ1v) is 8.43. The molecule has 1 aromatic carbocycles. The number of halogens is 2. The van der Waals surface area contributed by atoms with E-state index in [9.17, 15) is 14.0 Å². The summed E-state index contributed by atoms with van der Waals surface area (Å²) in [7, 11) is 0. The molecule has 2 rings (SSSR count). The highest BCUT2D eigenvalue weighted by atomic mass is 35.5. The molecule has 0 aliphatic heterocycles. The summed E-state index contributed by atoms with van der Waals surface area (Å²) in [6, 6.07) is 2.88. The molecule has 1 fully saturated rings. The van der Waals surface area contributed by atoms with Gasteiger partial charge in [0.1, 0.15) is 5.82 Å². The van der Waals surface area contributed by atoms with Gasteiger partial charge in [-0.15, -0.1) is 11.6 Å². The van der Waals surface area contributed by atoms with Crippen LogP contribution in [0.15, 0.2) is 12.1 Å². The number of carbonyl (C=O) groups excluding carboxylic acids is 2. The van der Waals surface area contributed by atoms with Crippen LogP contribution in [0.1, 0.15) is 67.4 Å². The molecule has 0 radical (unpaired) electrons. The summed E-state index contributed by atoms with van der Waals surface area (Å²) in [5.41, 5.74) is 1.01. The van der Waals surface area contributed by atoms with E-state index >= 15 is 0 Å². The minimum atomic E-state index is -0.828. The van der Waals surface area contributed by atoms with E-state index in [1.54, 1.807) is 13.0 Å². The monoisotopic (exact) mass is 340 g/mol. The van der Waals surface area contributed by atoms with Crippen molar-refractivity contribution in [3.05, 3.63) is 34.6 Å². The van der Waals surface area contributed by atoms with Gasteiger partial charge in [-0.1, -0.05) is 19.3 Å². The topological polar surface area (TPSA) is 43.4 Å². The third-order valence-corrected chi connectivity index (χ3v) is 4.84. The summed E-state index contributed by atoms with van der Waals surface area (Å²) in [6.07, 6.45) is 4.18. The average Bonchev–Trinajstić information content (AvgIpc) is 2.47. The molecule has 0 bridgehead atoms. The highest BCUT2D eigenvalue weighted by molar-refractivity contribution is 6.24. The van der Waals surface area contributed by atoms with E-state index in [0.717, 1.165) is 19.3 Å². The van der Waals surface area contributed by atoms with Gasteiger partial charge in [0, 0.05) is 11.1 Å². The van der Waals surface area contributed by atoms with Gasteiger partial charge in [0.2, 0.25) is 0 Å². The number of hydrogen-bond donors (Lipinski definition) is 0. The van der Waals surface area contributed by atoms with Gasteiger partial charge in [-0.05, 0) is 44.4 Å². The lowest BCUT2D eigenvalue weighted by Gasteiger charge is -2.33. The van der Waals surface area contributed by atoms with Crippen LogP contribution in [0, 0.1) is 5.82 Å². The van der Waals surface area contributed by atoms with Gasteiger partial charge in [-0.2, -0.15) is 0 Å². The van der Waals surface area contributed by atoms with E-state index in [1.807, 2.05) is 0 Å². The van der Waals surface area contributed by atoms with Crippen molar-refractivity contribution in [3.8, 4) is 0 Å². The molecule has 0 N–H and O–H groups in total. The molecular formula is C18H22ClFO3. The number of ether oxygens (including phenoxy) is 1. The summed E-state index contributed by atoms with van der Waals surface area (Å²) < 4.78 is 19.6. The van der Waals surface area contributed by atoms with E-state index < -0.39 is 16.7 Å². The number of benzene rings is 1. The Morgan fingerprint density at radius 2 is 1.91 bits per heavy atom. The number of ketones is 1. The highest BCUT2D eigenvalue weighted by Gasteiger charge is 2.37. The molecule has 3 nitrogen and oxygen atoms in total. The number of carbonyl (C=O) groups is 2. The normalized spacial score (nSPS) is 16.9. The van der Waals surface area contributed by atoms with Crippen LogP contribution in [0.2, 0.25) is 0 Å². The third kappa shape index (κ3) is 4.11. The molecule has 1 aromatic rings. The van der Waals surface area contributed by atoms with Crippen LogP contribution < -0.4 is 0 Å². The van der Waals surface area contributed by atoms with Crippen molar-refractivity contribution in [1.82, 2.24) is 0 Å². The quantitative estimate of drug-likeness (QED) is 0.449. The fourth-order valence-electron chi connectivity index (χ4n) is 3.24. The Morgan fingerprint density at radius 3 is 2.48 bits per heavy atom. The lowest BCUT2D eigenvalue weighted by atomic mass is 9.79. The first kappa shape index (κ1) is 17.9. The molecule has 0 amide bonds. The summed E-state index contributed by atoms with van der Waals surface area (Å²) >= 11 is 6.68. The predicted octanol–water partition coefficient (Wildman–Crippen LogP) is 4.53. The first-order valence-electron chi connectivity index (χ1n) is 8.06. The van der Waals surface area contributed by atoms with Crippen molar-refractivity contribution in [2.24, 2.45) is 0 Å². The van der Waals surface area contributed by atoms with Crippen LogP contribution in [0.5, 0.6) is 0 Å². The van der Waals surface area contributed by atoms with Crippen molar-refractivity contribution >= 4 is 23.4 Å². The number of Topliss-reactive ketones (excluding diaryl/α,β-unsaturated/α-hetero) is 1. The Hall–Kier alpha value is -1.42. The molecule has 1 saturated carbocycles. The zero-order valence-electron chi connectivity index (χ0n) is 13.6. The average molecular weight is 341 g/mol. The van der Waals surface area contributed by atoms with Gasteiger partial charge in [0.25, 0.3) is 0 Å². The fraction of sp³-hybridized carbons (Fsp3) is 0.556. The van der Waals surface area contributed by atoms with E-state index in [4.69, 9.17) is 16.3 Å². The van der Waals surface area contributed by atoms with Gasteiger partial charge in [0.05, 0.1) is 17.9 Å². The van der Waals surface area contributed by atoms with Crippen LogP contribution in [-0.4, -0.2) is 18.4 Å².